The summed E-state index contributed by atoms with van der Waals surface area (Å²) in [6.45, 7) is 7.91. The molecule has 0 heterocycles. The zero-order valence-corrected chi connectivity index (χ0v) is 18.2. The van der Waals surface area contributed by atoms with Crippen molar-refractivity contribution < 1.29 is 34.5 Å². The summed E-state index contributed by atoms with van der Waals surface area (Å²) < 4.78 is 0. The van der Waals surface area contributed by atoms with Crippen molar-refractivity contribution in [1.82, 2.24) is 16.0 Å². The highest BCUT2D eigenvalue weighted by molar-refractivity contribution is 5.94. The fourth-order valence-corrected chi connectivity index (χ4v) is 2.68. The number of carboxylic acid groups (broad SMARTS) is 1. The van der Waals surface area contributed by atoms with Gasteiger partial charge in [-0.05, 0) is 31.6 Å². The number of hydrogen-bond acceptors (Lipinski definition) is 7. The lowest BCUT2D eigenvalue weighted by molar-refractivity contribution is -0.143. The number of carbonyl (C=O) groups is 4. The fourth-order valence-electron chi connectivity index (χ4n) is 2.68. The van der Waals surface area contributed by atoms with Gasteiger partial charge in [0.05, 0.1) is 12.7 Å². The molecule has 8 N–H and O–H groups in total. The summed E-state index contributed by atoms with van der Waals surface area (Å²) in [7, 11) is 0. The van der Waals surface area contributed by atoms with Crippen LogP contribution >= 0.6 is 0 Å². The van der Waals surface area contributed by atoms with Gasteiger partial charge in [0, 0.05) is 0 Å². The summed E-state index contributed by atoms with van der Waals surface area (Å²) in [5, 5.41) is 35.3. The van der Waals surface area contributed by atoms with Gasteiger partial charge in [0.15, 0.2) is 0 Å². The maximum Gasteiger partial charge on any atom is 0.326 e. The molecule has 0 aliphatic heterocycles. The molecule has 0 aliphatic rings. The van der Waals surface area contributed by atoms with Crippen LogP contribution in [0.3, 0.4) is 0 Å². The van der Waals surface area contributed by atoms with Gasteiger partial charge < -0.3 is 37.0 Å². The average Bonchev–Trinajstić information content (AvgIpc) is 2.62. The van der Waals surface area contributed by atoms with E-state index in [1.165, 1.54) is 6.92 Å². The first-order valence-electron chi connectivity index (χ1n) is 9.98. The third kappa shape index (κ3) is 9.99. The van der Waals surface area contributed by atoms with E-state index in [0.717, 1.165) is 0 Å². The Labute approximate surface area is 176 Å². The van der Waals surface area contributed by atoms with Gasteiger partial charge in [0.25, 0.3) is 0 Å². The number of amides is 3. The highest BCUT2D eigenvalue weighted by Crippen LogP contribution is 2.09. The molecule has 0 saturated carbocycles. The predicted octanol–water partition coefficient (Wildman–Crippen LogP) is -1.68. The minimum atomic E-state index is -1.41. The molecule has 5 unspecified atom stereocenters. The van der Waals surface area contributed by atoms with Crippen LogP contribution < -0.4 is 21.7 Å². The van der Waals surface area contributed by atoms with Gasteiger partial charge in [-0.3, -0.25) is 14.4 Å². The van der Waals surface area contributed by atoms with Crippen LogP contribution in [0.25, 0.3) is 0 Å². The molecule has 11 nitrogen and oxygen atoms in total. The smallest absolute Gasteiger partial charge is 0.326 e. The van der Waals surface area contributed by atoms with E-state index in [9.17, 15) is 29.4 Å². The minimum absolute atomic E-state index is 0.0168. The van der Waals surface area contributed by atoms with Gasteiger partial charge in [-0.15, -0.1) is 0 Å². The zero-order chi connectivity index (χ0) is 23.6. The molecule has 0 rings (SSSR count). The number of hydrogen-bond donors (Lipinski definition) is 7. The standard InChI is InChI=1S/C19H36N4O7/c1-9(2)6-13(17(27)22-14(19(29)30)7-10(3)4)21-18(28)15(11(5)25)23-16(26)12(20)8-24/h9-15,24-25H,6-8,20H2,1-5H3,(H,21,28)(H,22,27)(H,23,26)(H,29,30). The van der Waals surface area contributed by atoms with Crippen molar-refractivity contribution in [3.05, 3.63) is 0 Å². The number of aliphatic hydroxyl groups excluding tert-OH is 2. The summed E-state index contributed by atoms with van der Waals surface area (Å²) >= 11 is 0. The number of rotatable bonds is 13. The molecule has 0 aromatic rings. The molecule has 0 radical (unpaired) electrons. The first kappa shape index (κ1) is 27.8. The monoisotopic (exact) mass is 432 g/mol. The molecular formula is C19H36N4O7. The van der Waals surface area contributed by atoms with Gasteiger partial charge >= 0.3 is 5.97 Å². The molecule has 0 saturated heterocycles. The van der Waals surface area contributed by atoms with E-state index in [2.05, 4.69) is 16.0 Å². The van der Waals surface area contributed by atoms with Crippen LogP contribution in [0.15, 0.2) is 0 Å². The Hall–Kier alpha value is -2.24. The van der Waals surface area contributed by atoms with Gasteiger partial charge in [0.1, 0.15) is 24.2 Å². The van der Waals surface area contributed by atoms with Crippen molar-refractivity contribution >= 4 is 23.7 Å². The van der Waals surface area contributed by atoms with E-state index >= 15 is 0 Å². The Morgan fingerprint density at radius 3 is 1.67 bits per heavy atom. The van der Waals surface area contributed by atoms with Crippen molar-refractivity contribution in [3.63, 3.8) is 0 Å². The maximum absolute atomic E-state index is 12.7. The quantitative estimate of drug-likeness (QED) is 0.179. The highest BCUT2D eigenvalue weighted by Gasteiger charge is 2.32. The largest absolute Gasteiger partial charge is 0.480 e. The van der Waals surface area contributed by atoms with Crippen molar-refractivity contribution in [2.24, 2.45) is 17.6 Å². The van der Waals surface area contributed by atoms with Crippen molar-refractivity contribution in [2.45, 2.75) is 77.7 Å². The second-order valence-electron chi connectivity index (χ2n) is 8.24. The lowest BCUT2D eigenvalue weighted by Gasteiger charge is -2.27. The molecule has 5 atom stereocenters. The van der Waals surface area contributed by atoms with E-state index in [0.29, 0.717) is 0 Å². The van der Waals surface area contributed by atoms with E-state index in [-0.39, 0.29) is 24.7 Å². The van der Waals surface area contributed by atoms with Crippen LogP contribution in [-0.2, 0) is 19.2 Å². The zero-order valence-electron chi connectivity index (χ0n) is 18.2. The maximum atomic E-state index is 12.7. The van der Waals surface area contributed by atoms with Crippen molar-refractivity contribution in [2.75, 3.05) is 6.61 Å². The molecule has 11 heteroatoms. The molecular weight excluding hydrogens is 396 g/mol. The molecule has 0 aromatic heterocycles. The Kier molecular flexibility index (Phi) is 12.2. The Morgan fingerprint density at radius 1 is 0.800 bits per heavy atom. The highest BCUT2D eigenvalue weighted by atomic mass is 16.4. The van der Waals surface area contributed by atoms with Crippen LogP contribution in [0.4, 0.5) is 0 Å². The Bertz CT molecular complexity index is 595. The van der Waals surface area contributed by atoms with Crippen LogP contribution in [-0.4, -0.2) is 75.9 Å². The first-order chi connectivity index (χ1) is 13.8. The summed E-state index contributed by atoms with van der Waals surface area (Å²) in [4.78, 5) is 48.6. The van der Waals surface area contributed by atoms with Gasteiger partial charge in [-0.1, -0.05) is 27.7 Å². The van der Waals surface area contributed by atoms with Gasteiger partial charge in [-0.2, -0.15) is 0 Å². The lowest BCUT2D eigenvalue weighted by Crippen LogP contribution is -2.60. The molecule has 0 spiro atoms. The van der Waals surface area contributed by atoms with Crippen LogP contribution in [0.2, 0.25) is 0 Å². The summed E-state index contributed by atoms with van der Waals surface area (Å²) in [5.41, 5.74) is 5.41. The lowest BCUT2D eigenvalue weighted by atomic mass is 10.00. The minimum Gasteiger partial charge on any atom is -0.480 e. The van der Waals surface area contributed by atoms with Crippen molar-refractivity contribution in [1.29, 1.82) is 0 Å². The molecule has 0 bridgehead atoms. The number of nitrogens with two attached hydrogens (primary N) is 1. The van der Waals surface area contributed by atoms with Gasteiger partial charge in [-0.25, -0.2) is 4.79 Å². The molecule has 0 aliphatic carbocycles. The van der Waals surface area contributed by atoms with Crippen LogP contribution in [0.1, 0.15) is 47.5 Å². The van der Waals surface area contributed by atoms with E-state index in [1.54, 1.807) is 0 Å². The SMILES string of the molecule is CC(C)CC(NC(=O)C(CC(C)C)NC(=O)C(NC(=O)C(N)CO)C(C)O)C(=O)O. The number of nitrogens with one attached hydrogen (secondary N) is 3. The van der Waals surface area contributed by atoms with Gasteiger partial charge in [0.2, 0.25) is 17.7 Å². The third-order valence-electron chi connectivity index (χ3n) is 4.26. The molecule has 3 amide bonds. The normalized spacial score (nSPS) is 16.3. The summed E-state index contributed by atoms with van der Waals surface area (Å²) in [5.74, 6) is -3.52. The average molecular weight is 433 g/mol. The van der Waals surface area contributed by atoms with E-state index in [4.69, 9.17) is 10.8 Å². The first-order valence-corrected chi connectivity index (χ1v) is 9.98. The third-order valence-corrected chi connectivity index (χ3v) is 4.26. The van der Waals surface area contributed by atoms with Crippen LogP contribution in [0.5, 0.6) is 0 Å². The summed E-state index contributed by atoms with van der Waals surface area (Å²) in [6, 6.07) is -4.88. The number of aliphatic hydroxyl groups is 2. The van der Waals surface area contributed by atoms with Crippen molar-refractivity contribution in [3.8, 4) is 0 Å². The predicted molar refractivity (Wildman–Crippen MR) is 109 cm³/mol. The second-order valence-corrected chi connectivity index (χ2v) is 8.24. The fraction of sp³-hybridized carbons (Fsp3) is 0.789. The topological polar surface area (TPSA) is 191 Å². The number of aliphatic carboxylic acids is 1. The second kappa shape index (κ2) is 13.1. The Balaban J connectivity index is 5.40. The number of carbonyl (C=O) groups excluding carboxylic acids is 3. The molecule has 0 aromatic carbocycles. The molecule has 174 valence electrons. The van der Waals surface area contributed by atoms with E-state index < -0.39 is 60.6 Å². The number of carboxylic acids is 1. The molecule has 30 heavy (non-hydrogen) atoms. The Morgan fingerprint density at radius 2 is 1.27 bits per heavy atom. The van der Waals surface area contributed by atoms with E-state index in [1.807, 2.05) is 27.7 Å². The summed E-state index contributed by atoms with van der Waals surface area (Å²) in [6.07, 6.45) is -0.882. The molecule has 0 fully saturated rings. The van der Waals surface area contributed by atoms with Crippen LogP contribution in [0, 0.1) is 11.8 Å².